The van der Waals surface area contributed by atoms with Crippen LogP contribution >= 0.6 is 27.5 Å². The molecule has 0 radical (unpaired) electrons. The van der Waals surface area contributed by atoms with Crippen LogP contribution in [0.15, 0.2) is 51.8 Å². The molecule has 2 aromatic carbocycles. The minimum atomic E-state index is -1.03. The van der Waals surface area contributed by atoms with Crippen molar-refractivity contribution in [3.05, 3.63) is 52.0 Å². The van der Waals surface area contributed by atoms with Gasteiger partial charge in [0.05, 0.1) is 4.47 Å². The van der Waals surface area contributed by atoms with Gasteiger partial charge in [-0.05, 0) is 52.2 Å². The van der Waals surface area contributed by atoms with Gasteiger partial charge in [-0.15, -0.1) is 0 Å². The summed E-state index contributed by atoms with van der Waals surface area (Å²) in [6.45, 7) is 1.91. The van der Waals surface area contributed by atoms with Crippen LogP contribution in [0, 0.1) is 0 Å². The molecule has 4 heteroatoms. The molecular formula is C14H12BrClOS. The smallest absolute Gasteiger partial charge is 0.174 e. The lowest BCUT2D eigenvalue weighted by Gasteiger charge is -2.15. The van der Waals surface area contributed by atoms with Gasteiger partial charge in [-0.1, -0.05) is 35.9 Å². The standard InChI is InChI=1S/C14H12BrClOS/c1-2-18(17)14-11(7-5-8-12(14)15)10-6-3-4-9-13(10)16/h3-9H,2H2,1H3. The molecule has 2 rings (SSSR count). The van der Waals surface area contributed by atoms with Gasteiger partial charge in [-0.2, -0.15) is 0 Å². The van der Waals surface area contributed by atoms with Crippen molar-refractivity contribution in [3.63, 3.8) is 0 Å². The summed E-state index contributed by atoms with van der Waals surface area (Å²) >= 11 is 8.66. The maximum absolute atomic E-state index is 12.2. The Morgan fingerprint density at radius 2 is 1.78 bits per heavy atom. The number of hydrogen-bond acceptors (Lipinski definition) is 1. The molecule has 0 heterocycles. The van der Waals surface area contributed by atoms with Crippen LogP contribution in [-0.4, -0.2) is 10.3 Å². The van der Waals surface area contributed by atoms with E-state index in [1.165, 1.54) is 0 Å². The first-order chi connectivity index (χ1) is 8.65. The van der Waals surface area contributed by atoms with Gasteiger partial charge in [0.25, 0.3) is 0 Å². The van der Waals surface area contributed by atoms with Gasteiger partial charge in [-0.25, -0.2) is 0 Å². The summed E-state index contributed by atoms with van der Waals surface area (Å²) in [6, 6.07) is 13.4. The van der Waals surface area contributed by atoms with E-state index in [9.17, 15) is 4.55 Å². The molecule has 1 nitrogen and oxygen atoms in total. The highest BCUT2D eigenvalue weighted by atomic mass is 79.9. The minimum Gasteiger partial charge on any atom is -0.611 e. The van der Waals surface area contributed by atoms with Gasteiger partial charge in [0.15, 0.2) is 4.90 Å². The molecule has 0 saturated carbocycles. The van der Waals surface area contributed by atoms with Gasteiger partial charge < -0.3 is 4.55 Å². The highest BCUT2D eigenvalue weighted by Gasteiger charge is 2.20. The van der Waals surface area contributed by atoms with E-state index in [0.717, 1.165) is 20.5 Å². The molecular weight excluding hydrogens is 332 g/mol. The lowest BCUT2D eigenvalue weighted by atomic mass is 10.1. The van der Waals surface area contributed by atoms with E-state index in [1.54, 1.807) is 0 Å². The lowest BCUT2D eigenvalue weighted by molar-refractivity contribution is 0.596. The van der Waals surface area contributed by atoms with Crippen molar-refractivity contribution < 1.29 is 4.55 Å². The first kappa shape index (κ1) is 13.9. The lowest BCUT2D eigenvalue weighted by Crippen LogP contribution is -2.06. The molecule has 1 atom stereocenters. The van der Waals surface area contributed by atoms with Crippen molar-refractivity contribution in [1.29, 1.82) is 0 Å². The fourth-order valence-electron chi connectivity index (χ4n) is 1.78. The molecule has 0 aliphatic heterocycles. The molecule has 94 valence electrons. The molecule has 1 unspecified atom stereocenters. The van der Waals surface area contributed by atoms with Crippen molar-refractivity contribution in [2.75, 3.05) is 5.75 Å². The molecule has 2 aromatic rings. The Balaban J connectivity index is 2.65. The molecule has 18 heavy (non-hydrogen) atoms. The Hall–Kier alpha value is -0.480. The van der Waals surface area contributed by atoms with E-state index in [2.05, 4.69) is 15.9 Å². The zero-order valence-corrected chi connectivity index (χ0v) is 13.0. The molecule has 0 aromatic heterocycles. The fourth-order valence-corrected chi connectivity index (χ4v) is 3.92. The van der Waals surface area contributed by atoms with E-state index in [-0.39, 0.29) is 0 Å². The third-order valence-corrected chi connectivity index (χ3v) is 5.29. The first-order valence-corrected chi connectivity index (χ1v) is 8.06. The average Bonchev–Trinajstić information content (AvgIpc) is 2.38. The number of hydrogen-bond donors (Lipinski definition) is 0. The molecule has 0 saturated heterocycles. The Bertz CT molecular complexity index is 559. The number of benzene rings is 2. The van der Waals surface area contributed by atoms with Gasteiger partial charge in [-0.3, -0.25) is 0 Å². The molecule has 0 fully saturated rings. The Morgan fingerprint density at radius 3 is 2.44 bits per heavy atom. The maximum Gasteiger partial charge on any atom is 0.174 e. The highest BCUT2D eigenvalue weighted by Crippen LogP contribution is 2.36. The van der Waals surface area contributed by atoms with Gasteiger partial charge in [0, 0.05) is 16.1 Å². The van der Waals surface area contributed by atoms with Crippen LogP contribution in [0.1, 0.15) is 6.92 Å². The second-order valence-electron chi connectivity index (χ2n) is 3.73. The van der Waals surface area contributed by atoms with Crippen LogP contribution in [-0.2, 0) is 11.2 Å². The first-order valence-electron chi connectivity index (χ1n) is 5.57. The summed E-state index contributed by atoms with van der Waals surface area (Å²) in [4.78, 5) is 0.813. The number of rotatable bonds is 3. The van der Waals surface area contributed by atoms with E-state index < -0.39 is 11.2 Å². The predicted octanol–water partition coefficient (Wildman–Crippen LogP) is 4.90. The van der Waals surface area contributed by atoms with E-state index >= 15 is 0 Å². The van der Waals surface area contributed by atoms with Crippen molar-refractivity contribution in [2.24, 2.45) is 0 Å². The zero-order chi connectivity index (χ0) is 13.1. The van der Waals surface area contributed by atoms with Gasteiger partial charge in [0.1, 0.15) is 5.75 Å². The topological polar surface area (TPSA) is 23.1 Å². The van der Waals surface area contributed by atoms with Gasteiger partial charge in [0.2, 0.25) is 0 Å². The zero-order valence-electron chi connectivity index (χ0n) is 9.82. The average molecular weight is 344 g/mol. The van der Waals surface area contributed by atoms with Crippen LogP contribution in [0.2, 0.25) is 5.02 Å². The third-order valence-electron chi connectivity index (χ3n) is 2.62. The highest BCUT2D eigenvalue weighted by molar-refractivity contribution is 9.10. The van der Waals surface area contributed by atoms with Crippen LogP contribution < -0.4 is 0 Å². The maximum atomic E-state index is 12.2. The Kier molecular flexibility index (Phi) is 4.73. The summed E-state index contributed by atoms with van der Waals surface area (Å²) < 4.78 is 13.0. The van der Waals surface area contributed by atoms with Crippen molar-refractivity contribution in [1.82, 2.24) is 0 Å². The van der Waals surface area contributed by atoms with E-state index in [4.69, 9.17) is 11.6 Å². The predicted molar refractivity (Wildman–Crippen MR) is 81.5 cm³/mol. The summed E-state index contributed by atoms with van der Waals surface area (Å²) in [5.41, 5.74) is 1.84. The summed E-state index contributed by atoms with van der Waals surface area (Å²) in [7, 11) is 0. The molecule has 0 aliphatic rings. The van der Waals surface area contributed by atoms with Crippen LogP contribution in [0.4, 0.5) is 0 Å². The number of halogens is 2. The van der Waals surface area contributed by atoms with Crippen LogP contribution in [0.5, 0.6) is 0 Å². The van der Waals surface area contributed by atoms with Gasteiger partial charge >= 0.3 is 0 Å². The molecule has 0 aliphatic carbocycles. The van der Waals surface area contributed by atoms with Crippen LogP contribution in [0.3, 0.4) is 0 Å². The largest absolute Gasteiger partial charge is 0.611 e. The second-order valence-corrected chi connectivity index (χ2v) is 6.67. The normalized spacial score (nSPS) is 12.4. The molecule has 0 N–H and O–H groups in total. The Morgan fingerprint density at radius 1 is 1.11 bits per heavy atom. The summed E-state index contributed by atoms with van der Waals surface area (Å²) in [5.74, 6) is 0.583. The SMILES string of the molecule is CC[S+]([O-])c1c(Br)cccc1-c1ccccc1Cl. The molecule has 0 bridgehead atoms. The quantitative estimate of drug-likeness (QED) is 0.727. The fraction of sp³-hybridized carbons (Fsp3) is 0.143. The molecule has 0 amide bonds. The minimum absolute atomic E-state index is 0.583. The second kappa shape index (κ2) is 6.11. The summed E-state index contributed by atoms with van der Waals surface area (Å²) in [6.07, 6.45) is 0. The van der Waals surface area contributed by atoms with E-state index in [0.29, 0.717) is 10.8 Å². The van der Waals surface area contributed by atoms with Crippen molar-refractivity contribution in [3.8, 4) is 11.1 Å². The van der Waals surface area contributed by atoms with Crippen LogP contribution in [0.25, 0.3) is 11.1 Å². The monoisotopic (exact) mass is 342 g/mol. The molecule has 0 spiro atoms. The van der Waals surface area contributed by atoms with Crippen molar-refractivity contribution in [2.45, 2.75) is 11.8 Å². The third kappa shape index (κ3) is 2.75. The van der Waals surface area contributed by atoms with Crippen molar-refractivity contribution >= 4 is 38.7 Å². The van der Waals surface area contributed by atoms with E-state index in [1.807, 2.05) is 49.4 Å². The summed E-state index contributed by atoms with van der Waals surface area (Å²) in [5, 5.41) is 0.671. The Labute approximate surface area is 123 Å².